The molecule has 0 aliphatic rings. The van der Waals surface area contributed by atoms with Crippen molar-refractivity contribution in [1.82, 2.24) is 0 Å². The minimum Gasteiger partial charge on any atom is -0.917 e. The van der Waals surface area contributed by atoms with E-state index in [2.05, 4.69) is 0 Å². The number of rotatable bonds is 0. The summed E-state index contributed by atoms with van der Waals surface area (Å²) in [5.41, 5.74) is 0. The Morgan fingerprint density at radius 2 is 0.812 bits per heavy atom. The van der Waals surface area contributed by atoms with Crippen molar-refractivity contribution in [2.24, 2.45) is 0 Å². The van der Waals surface area contributed by atoms with Gasteiger partial charge in [0, 0.05) is 20.3 Å². The molecule has 0 fully saturated rings. The van der Waals surface area contributed by atoms with E-state index in [9.17, 15) is 0 Å². The fraction of sp³-hybridized carbons (Fsp3) is 0. The third-order valence-corrected chi connectivity index (χ3v) is 0. The second kappa shape index (κ2) is 36.4. The normalized spacial score (nSPS) is 6.00. The van der Waals surface area contributed by atoms with E-state index in [0.717, 1.165) is 0 Å². The molecule has 0 aliphatic carbocycles. The molecule has 16 heavy (non-hydrogen) atoms. The van der Waals surface area contributed by atoms with E-state index in [-0.39, 0.29) is 135 Å². The maximum Gasteiger partial charge on any atom is 2.00 e. The number of hydrogen-bond donors (Lipinski definition) is 0. The molecular formula is CuNa4O9S2+2. The minimum atomic E-state index is -5.17. The van der Waals surface area contributed by atoms with Crippen molar-refractivity contribution in [1.29, 1.82) is 0 Å². The molecule has 1 radical (unpaired) electrons. The molecule has 0 saturated heterocycles. The van der Waals surface area contributed by atoms with Gasteiger partial charge in [-0.1, -0.05) is 0 Å². The van der Waals surface area contributed by atoms with E-state index in [1.165, 1.54) is 0 Å². The summed E-state index contributed by atoms with van der Waals surface area (Å²) in [7, 11) is -8.28. The molecule has 0 amide bonds. The largest absolute Gasteiger partial charge is 2.00 e. The molecule has 0 aromatic rings. The van der Waals surface area contributed by atoms with Crippen LogP contribution >= 0.6 is 0 Å². The van der Waals surface area contributed by atoms with Crippen LogP contribution in [0.15, 0.2) is 0 Å². The Balaban J connectivity index is -0.00000000913. The molecule has 0 N–H and O–H groups in total. The van der Waals surface area contributed by atoms with E-state index < -0.39 is 21.4 Å². The molecule has 0 saturated carbocycles. The summed E-state index contributed by atoms with van der Waals surface area (Å²) in [4.78, 5) is 14.0. The Kier molecular flexibility index (Phi) is 114. The average molecular weight is 364 g/mol. The summed E-state index contributed by atoms with van der Waals surface area (Å²) >= 11 is 0. The molecule has 0 heterocycles. The minimum absolute atomic E-state index is 0. The third kappa shape index (κ3) is 336. The Bertz CT molecular complexity index is 218. The maximum atomic E-state index is 8.52. The SMILES string of the molecule is O=O.O=S(=O)([O-])[O-].O=[S-](=O)[O-].[Cu+2].[Na+].[Na+].[Na+].[Na+]. The van der Waals surface area contributed by atoms with Gasteiger partial charge in [-0.25, -0.2) is 0 Å². The van der Waals surface area contributed by atoms with Crippen molar-refractivity contribution in [3.05, 3.63) is 9.93 Å². The van der Waals surface area contributed by atoms with E-state index in [4.69, 9.17) is 40.4 Å². The van der Waals surface area contributed by atoms with Crippen LogP contribution in [-0.4, -0.2) is 22.1 Å². The van der Waals surface area contributed by atoms with E-state index in [0.29, 0.717) is 0 Å². The van der Waals surface area contributed by atoms with Gasteiger partial charge in [0.2, 0.25) is 0 Å². The van der Waals surface area contributed by atoms with Gasteiger partial charge in [0.1, 0.15) is 0 Å². The fourth-order valence-electron chi connectivity index (χ4n) is 0. The van der Waals surface area contributed by atoms with E-state index in [1.54, 1.807) is 0 Å². The summed E-state index contributed by atoms with van der Waals surface area (Å²) in [6.45, 7) is 0. The van der Waals surface area contributed by atoms with Crippen LogP contribution in [0, 0.1) is 9.93 Å². The smallest absolute Gasteiger partial charge is 0.917 e. The standard InChI is InChI=1S/Cu.4Na.H2O4S.O3S.O2/c;;;;;1-5(2,3)4;1-4(2)3;1-2/h;;;;;(H2,1,2,3,4);;/q+2;4*+1;;-2;/p-2. The van der Waals surface area contributed by atoms with Crippen molar-refractivity contribution in [3.63, 3.8) is 0 Å². The zero-order chi connectivity index (χ0) is 10.1. The van der Waals surface area contributed by atoms with Gasteiger partial charge in [-0.2, -0.15) is 11.0 Å². The van der Waals surface area contributed by atoms with E-state index in [1.807, 2.05) is 0 Å². The molecule has 0 aromatic heterocycles. The first-order chi connectivity index (χ1) is 4.73. The average Bonchev–Trinajstić information content (AvgIpc) is 1.63. The Hall–Kier alpha value is 3.90. The summed E-state index contributed by atoms with van der Waals surface area (Å²) in [6.07, 6.45) is 0. The molecule has 0 unspecified atom stereocenters. The van der Waals surface area contributed by atoms with Gasteiger partial charge < -0.3 is 22.1 Å². The first kappa shape index (κ1) is 50.2. The fourth-order valence-corrected chi connectivity index (χ4v) is 0. The summed E-state index contributed by atoms with van der Waals surface area (Å²) in [5.74, 6) is 0. The van der Waals surface area contributed by atoms with Gasteiger partial charge in [0.15, 0.2) is 0 Å². The molecule has 79 valence electrons. The van der Waals surface area contributed by atoms with Crippen molar-refractivity contribution in [2.45, 2.75) is 0 Å². The monoisotopic (exact) mass is 363 g/mol. The summed E-state index contributed by atoms with van der Waals surface area (Å²) in [5, 5.41) is 0. The van der Waals surface area contributed by atoms with Gasteiger partial charge in [-0.3, -0.25) is 8.42 Å². The van der Waals surface area contributed by atoms with Crippen LogP contribution in [0.3, 0.4) is 0 Å². The third-order valence-electron chi connectivity index (χ3n) is 0. The predicted octanol–water partition coefficient (Wildman–Crippen LogP) is -13.8. The van der Waals surface area contributed by atoms with Crippen molar-refractivity contribution >= 4 is 21.4 Å². The Morgan fingerprint density at radius 3 is 0.812 bits per heavy atom. The Labute approximate surface area is 193 Å². The van der Waals surface area contributed by atoms with Crippen LogP contribution in [0.25, 0.3) is 0 Å². The molecular weight excluding hydrogens is 364 g/mol. The van der Waals surface area contributed by atoms with Gasteiger partial charge in [0.05, 0.1) is 0 Å². The maximum absolute atomic E-state index is 8.52. The first-order valence-corrected chi connectivity index (χ1v) is 3.67. The molecule has 0 atom stereocenters. The second-order valence-electron chi connectivity index (χ2n) is 0.612. The van der Waals surface area contributed by atoms with Gasteiger partial charge in [-0.05, 0) is 0 Å². The molecule has 9 nitrogen and oxygen atoms in total. The second-order valence-corrected chi connectivity index (χ2v) is 1.84. The number of hydrogen-bond acceptors (Lipinski definition) is 10. The molecule has 0 spiro atoms. The zero-order valence-corrected chi connectivity index (χ0v) is 19.4. The van der Waals surface area contributed by atoms with Crippen molar-refractivity contribution in [3.8, 4) is 0 Å². The van der Waals surface area contributed by atoms with Gasteiger partial charge in [-0.15, -0.1) is 0 Å². The molecule has 0 rings (SSSR count). The Morgan fingerprint density at radius 1 is 0.812 bits per heavy atom. The summed E-state index contributed by atoms with van der Waals surface area (Å²) in [6, 6.07) is 0. The van der Waals surface area contributed by atoms with Gasteiger partial charge in [0.25, 0.3) is 0 Å². The van der Waals surface area contributed by atoms with E-state index >= 15 is 0 Å². The van der Waals surface area contributed by atoms with Crippen molar-refractivity contribution in [2.75, 3.05) is 0 Å². The first-order valence-electron chi connectivity index (χ1n) is 1.33. The van der Waals surface area contributed by atoms with Crippen LogP contribution < -0.4 is 118 Å². The van der Waals surface area contributed by atoms with Crippen molar-refractivity contribution < 1.29 is 166 Å². The molecule has 0 aromatic carbocycles. The van der Waals surface area contributed by atoms with Gasteiger partial charge >= 0.3 is 135 Å². The summed E-state index contributed by atoms with van der Waals surface area (Å²) < 4.78 is 59.4. The van der Waals surface area contributed by atoms with Crippen LogP contribution in [0.1, 0.15) is 0 Å². The topological polar surface area (TPSA) is 172 Å². The molecule has 0 aliphatic heterocycles. The van der Waals surface area contributed by atoms with Crippen LogP contribution in [-0.2, 0) is 46.9 Å². The molecule has 0 bridgehead atoms. The molecule has 16 heteroatoms. The van der Waals surface area contributed by atoms with Crippen LogP contribution in [0.5, 0.6) is 0 Å². The quantitative estimate of drug-likeness (QED) is 0.133. The zero-order valence-electron chi connectivity index (χ0n) is 8.79. The van der Waals surface area contributed by atoms with Crippen LogP contribution in [0.4, 0.5) is 0 Å². The van der Waals surface area contributed by atoms with Crippen LogP contribution in [0.2, 0.25) is 0 Å². The predicted molar refractivity (Wildman–Crippen MR) is 26.7 cm³/mol.